The van der Waals surface area contributed by atoms with E-state index in [9.17, 15) is 19.5 Å². The number of para-hydroxylation sites is 1. The van der Waals surface area contributed by atoms with E-state index < -0.39 is 12.0 Å². The molecule has 20 nitrogen and oxygen atoms in total. The van der Waals surface area contributed by atoms with Crippen LogP contribution >= 0.6 is 0 Å². The summed E-state index contributed by atoms with van der Waals surface area (Å²) in [4.78, 5) is 54.6. The van der Waals surface area contributed by atoms with E-state index in [1.165, 1.54) is 19.3 Å². The fraction of sp³-hybridized carbons (Fsp3) is 0.491. The maximum absolute atomic E-state index is 14.0. The molecule has 7 heterocycles. The Morgan fingerprint density at radius 1 is 0.922 bits per heavy atom. The Kier molecular flexibility index (Phi) is 17.2. The Hall–Kier alpha value is -7.29. The highest BCUT2D eigenvalue weighted by molar-refractivity contribution is 5.91. The number of imidazole rings is 1. The lowest BCUT2D eigenvalue weighted by atomic mass is 9.90. The molecule has 0 bridgehead atoms. The predicted octanol–water partition coefficient (Wildman–Crippen LogP) is 5.25. The van der Waals surface area contributed by atoms with E-state index in [0.29, 0.717) is 93.2 Å². The molecular weight excluding hydrogens is 981 g/mol. The van der Waals surface area contributed by atoms with Gasteiger partial charge in [0.05, 0.1) is 37.2 Å². The summed E-state index contributed by atoms with van der Waals surface area (Å²) in [5, 5.41) is 17.4. The summed E-state index contributed by atoms with van der Waals surface area (Å²) in [6.45, 7) is 14.7. The van der Waals surface area contributed by atoms with Gasteiger partial charge in [0.1, 0.15) is 41.5 Å². The van der Waals surface area contributed by atoms with Crippen molar-refractivity contribution in [3.63, 3.8) is 0 Å². The van der Waals surface area contributed by atoms with Gasteiger partial charge < -0.3 is 70.6 Å². The highest BCUT2D eigenvalue weighted by atomic mass is 16.5. The average molecular weight is 1060 g/mol. The molecule has 2 amide bonds. The van der Waals surface area contributed by atoms with Crippen LogP contribution in [0.2, 0.25) is 0 Å². The Labute approximate surface area is 450 Å². The zero-order chi connectivity index (χ0) is 54.2. The van der Waals surface area contributed by atoms with Crippen LogP contribution in [0.4, 0.5) is 5.69 Å². The zero-order valence-corrected chi connectivity index (χ0v) is 44.8. The molecule has 1 aliphatic carbocycles. The number of hydrogen-bond donors (Lipinski definition) is 6. The van der Waals surface area contributed by atoms with Crippen LogP contribution in [0, 0.1) is 12.8 Å². The lowest BCUT2D eigenvalue weighted by Crippen LogP contribution is -2.71. The molecule has 5 aromatic rings. The number of carbonyl (C=O) groups is 2. The van der Waals surface area contributed by atoms with Crippen molar-refractivity contribution in [3.8, 4) is 17.3 Å². The van der Waals surface area contributed by atoms with Crippen LogP contribution in [-0.2, 0) is 19.1 Å². The Bertz CT molecular complexity index is 2910. The number of aromatic hydroxyl groups is 1. The number of benzene rings is 2. The normalized spacial score (nSPS) is 19.7. The predicted molar refractivity (Wildman–Crippen MR) is 293 cm³/mol. The first-order chi connectivity index (χ1) is 37.2. The number of piperidine rings is 1. The van der Waals surface area contributed by atoms with Crippen LogP contribution in [0.1, 0.15) is 100 Å². The summed E-state index contributed by atoms with van der Waals surface area (Å²) < 4.78 is 25.4. The fourth-order valence-corrected chi connectivity index (χ4v) is 11.1. The molecule has 9 N–H and O–H groups in total. The number of phenols is 1. The van der Waals surface area contributed by atoms with Crippen LogP contribution in [0.3, 0.4) is 0 Å². The van der Waals surface area contributed by atoms with Gasteiger partial charge in [-0.3, -0.25) is 19.3 Å². The van der Waals surface area contributed by atoms with Gasteiger partial charge >= 0.3 is 0 Å². The number of nitrogens with zero attached hydrogens (tertiary/aromatic N) is 7. The molecule has 4 saturated heterocycles. The van der Waals surface area contributed by atoms with Gasteiger partial charge in [-0.05, 0) is 112 Å². The minimum atomic E-state index is -0.556. The van der Waals surface area contributed by atoms with Crippen molar-refractivity contribution in [1.29, 1.82) is 0 Å². The van der Waals surface area contributed by atoms with E-state index in [1.54, 1.807) is 59.8 Å². The quantitative estimate of drug-likeness (QED) is 0.0650. The summed E-state index contributed by atoms with van der Waals surface area (Å²) in [5.74, 6) is 1.15. The molecule has 0 radical (unpaired) electrons. The van der Waals surface area contributed by atoms with Crippen LogP contribution < -0.4 is 37.7 Å². The van der Waals surface area contributed by atoms with E-state index in [4.69, 9.17) is 35.9 Å². The lowest BCUT2D eigenvalue weighted by molar-refractivity contribution is -0.141. The van der Waals surface area contributed by atoms with E-state index in [-0.39, 0.29) is 46.4 Å². The van der Waals surface area contributed by atoms with Crippen molar-refractivity contribution in [2.75, 3.05) is 70.5 Å². The number of allylic oxidation sites excluding steroid dienone is 1. The minimum absolute atomic E-state index is 0.0485. The van der Waals surface area contributed by atoms with Crippen molar-refractivity contribution in [1.82, 2.24) is 39.7 Å². The largest absolute Gasteiger partial charge is 0.507 e. The highest BCUT2D eigenvalue weighted by Gasteiger charge is 2.49. The van der Waals surface area contributed by atoms with E-state index in [2.05, 4.69) is 35.1 Å². The molecule has 5 fully saturated rings. The number of H-pyrrole nitrogens is 1. The second kappa shape index (κ2) is 24.4. The number of carbonyl (C=O) groups excluding carboxylic acids is 2. The molecule has 5 aliphatic rings. The van der Waals surface area contributed by atoms with Crippen molar-refractivity contribution in [2.24, 2.45) is 23.1 Å². The van der Waals surface area contributed by atoms with Crippen LogP contribution in [0.25, 0.3) is 11.4 Å². The summed E-state index contributed by atoms with van der Waals surface area (Å²) in [5.41, 5.74) is 22.2. The molecule has 77 heavy (non-hydrogen) atoms. The zero-order valence-electron chi connectivity index (χ0n) is 44.8. The third kappa shape index (κ3) is 12.8. The van der Waals surface area contributed by atoms with Gasteiger partial charge in [-0.15, -0.1) is 0 Å². The topological polar surface area (TPSA) is 262 Å². The number of aryl methyl sites for hydroxylation is 1. The van der Waals surface area contributed by atoms with E-state index in [0.717, 1.165) is 61.7 Å². The number of hydrogen-bond acceptors (Lipinski definition) is 16. The smallest absolute Gasteiger partial charge is 0.254 e. The summed E-state index contributed by atoms with van der Waals surface area (Å²) in [7, 11) is 0. The molecule has 10 rings (SSSR count). The number of aromatic nitrogens is 4. The second-order valence-corrected chi connectivity index (χ2v) is 21.4. The lowest BCUT2D eigenvalue weighted by Gasteiger charge is -2.56. The van der Waals surface area contributed by atoms with Gasteiger partial charge in [0.25, 0.3) is 5.88 Å². The number of aromatic amines is 1. The molecule has 4 aliphatic heterocycles. The molecular formula is C57H76N12O8. The summed E-state index contributed by atoms with van der Waals surface area (Å²) >= 11 is 0. The molecule has 3 atom stereocenters. The fourth-order valence-electron chi connectivity index (χ4n) is 11.1. The molecule has 1 spiro atoms. The van der Waals surface area contributed by atoms with Crippen LogP contribution in [-0.4, -0.2) is 141 Å². The van der Waals surface area contributed by atoms with Gasteiger partial charge in [0, 0.05) is 99.2 Å². The number of rotatable bonds is 17. The Morgan fingerprint density at radius 3 is 2.32 bits per heavy atom. The Morgan fingerprint density at radius 2 is 1.68 bits per heavy atom. The third-order valence-electron chi connectivity index (χ3n) is 15.7. The van der Waals surface area contributed by atoms with E-state index >= 15 is 0 Å². The van der Waals surface area contributed by atoms with Gasteiger partial charge in [-0.25, -0.2) is 4.98 Å². The van der Waals surface area contributed by atoms with Crippen molar-refractivity contribution < 1.29 is 33.4 Å². The van der Waals surface area contributed by atoms with Crippen molar-refractivity contribution >= 4 is 23.2 Å². The molecule has 1 saturated carbocycles. The number of pyridine rings is 1. The SMILES string of the molecule is Cc1nccn1-c1ccc(C(C)NC(=O)C2CCCN2C(=O)C(c2cc(OCCN3CCC(OC4CCC4)CC3)no2)C(C)C)cc1.NC(N)=C(/C=C(\N)c1ccccc1O)N1CCN(c2cc[nH]c(=O)c2)C2(COC2)C1. The number of nitrogens with one attached hydrogen (secondary N) is 2. The first-order valence-corrected chi connectivity index (χ1v) is 27.1. The van der Waals surface area contributed by atoms with Gasteiger partial charge in [0.2, 0.25) is 17.4 Å². The third-order valence-corrected chi connectivity index (χ3v) is 15.7. The monoisotopic (exact) mass is 1060 g/mol. The first-order valence-electron chi connectivity index (χ1n) is 27.1. The molecule has 3 unspecified atom stereocenters. The number of nitrogens with two attached hydrogens (primary N) is 3. The maximum Gasteiger partial charge on any atom is 0.254 e. The van der Waals surface area contributed by atoms with Crippen LogP contribution in [0.5, 0.6) is 11.6 Å². The molecule has 3 aromatic heterocycles. The summed E-state index contributed by atoms with van der Waals surface area (Å²) in [6, 6.07) is 19.4. The summed E-state index contributed by atoms with van der Waals surface area (Å²) in [6.07, 6.45) is 15.2. The van der Waals surface area contributed by atoms with E-state index in [1.807, 2.05) is 68.8 Å². The number of phenolic OH excluding ortho intramolecular Hbond substituents is 1. The minimum Gasteiger partial charge on any atom is -0.507 e. The Balaban J connectivity index is 0.000000207. The van der Waals surface area contributed by atoms with Gasteiger partial charge in [0.15, 0.2) is 5.76 Å². The number of anilines is 1. The standard InChI is InChI=1S/C36H50N6O5.C21H26N6O3/c1-24(2)34(32-23-33(39-47-32)45-22-21-40-18-14-30(15-19-40)46-29-7-5-8-29)36(44)42-17-6-9-31(42)35(43)38-25(3)27-10-12-28(13-11-27)41-20-16-37-26(41)4;22-16(15-3-1-2-4-18(15)28)10-17(20(23)24)26-7-8-27(21(11-26)12-30-13-21)14-5-6-25-19(29)9-14/h10-13,16,20,23-25,29-31,34H,5-9,14-15,17-19,21-22H2,1-4H3,(H,38,43);1-6,9-10,28H,7-8,11-13,22-24H2,(H,25,29)/b;16-10-. The first kappa shape index (κ1) is 54.5. The molecule has 2 aromatic carbocycles. The van der Waals surface area contributed by atoms with Gasteiger partial charge in [-0.1, -0.05) is 38.1 Å². The van der Waals surface area contributed by atoms with Crippen molar-refractivity contribution in [2.45, 2.75) is 108 Å². The highest BCUT2D eigenvalue weighted by Crippen LogP contribution is 2.36. The average Bonchev–Trinajstić information content (AvgIpc) is 4.22. The number of piperazine rings is 1. The molecule has 412 valence electrons. The maximum atomic E-state index is 14.0. The second-order valence-electron chi connectivity index (χ2n) is 21.4. The van der Waals surface area contributed by atoms with Gasteiger partial charge in [-0.2, -0.15) is 0 Å². The van der Waals surface area contributed by atoms with Crippen molar-refractivity contribution in [3.05, 3.63) is 136 Å². The van der Waals surface area contributed by atoms with Crippen LogP contribution in [0.15, 0.2) is 112 Å². The number of amides is 2. The molecule has 20 heteroatoms. The number of ether oxygens (including phenoxy) is 3. The number of likely N-dealkylation sites (tertiary alicyclic amines) is 2.